The summed E-state index contributed by atoms with van der Waals surface area (Å²) in [5.74, 6) is -0.784. The Morgan fingerprint density at radius 1 is 0.722 bits per heavy atom. The molecule has 0 saturated heterocycles. The van der Waals surface area contributed by atoms with E-state index in [0.29, 0.717) is 17.0 Å². The summed E-state index contributed by atoms with van der Waals surface area (Å²) in [5.41, 5.74) is 1.64. The minimum Gasteiger partial charge on any atom is -0.478 e. The van der Waals surface area contributed by atoms with Crippen LogP contribution in [0, 0.1) is 0 Å². The number of aliphatic imine (C=N–C) groups is 1. The molecule has 0 unspecified atom stereocenters. The molecule has 0 heterocycles. The van der Waals surface area contributed by atoms with Gasteiger partial charge in [0.2, 0.25) is 0 Å². The van der Waals surface area contributed by atoms with E-state index in [1.165, 1.54) is 82.8 Å². The average Bonchev–Trinajstić information content (AvgIpc) is 2.88. The second-order valence-electron chi connectivity index (χ2n) is 9.59. The van der Waals surface area contributed by atoms with Crippen LogP contribution in [0.3, 0.4) is 0 Å². The highest BCUT2D eigenvalue weighted by Gasteiger charge is 2.13. The van der Waals surface area contributed by atoms with E-state index in [9.17, 15) is 13.2 Å². The van der Waals surface area contributed by atoms with Crippen molar-refractivity contribution in [3.8, 4) is 0 Å². The first-order valence-electron chi connectivity index (χ1n) is 13.6. The summed E-state index contributed by atoms with van der Waals surface area (Å²) in [6, 6.07) is 13.0. The van der Waals surface area contributed by atoms with Gasteiger partial charge >= 0.3 is 5.97 Å². The summed E-state index contributed by atoms with van der Waals surface area (Å²) in [7, 11) is -3.28. The van der Waals surface area contributed by atoms with Gasteiger partial charge in [-0.25, -0.2) is 13.2 Å². The number of hydrogen-bond acceptors (Lipinski definition) is 4. The van der Waals surface area contributed by atoms with Gasteiger partial charge in [-0.05, 0) is 48.4 Å². The maximum absolute atomic E-state index is 12.6. The molecule has 0 aliphatic rings. The summed E-state index contributed by atoms with van der Waals surface area (Å²) in [6.07, 6.45) is 19.1. The predicted molar refractivity (Wildman–Crippen MR) is 149 cm³/mol. The molecule has 198 valence electrons. The van der Waals surface area contributed by atoms with Crippen molar-refractivity contribution in [3.63, 3.8) is 0 Å². The van der Waals surface area contributed by atoms with Crippen molar-refractivity contribution < 1.29 is 18.3 Å². The van der Waals surface area contributed by atoms with E-state index in [1.54, 1.807) is 42.6 Å². The van der Waals surface area contributed by atoms with Crippen LogP contribution in [0.1, 0.15) is 113 Å². The van der Waals surface area contributed by atoms with Crippen molar-refractivity contribution in [1.82, 2.24) is 0 Å². The molecule has 0 bridgehead atoms. The van der Waals surface area contributed by atoms with Gasteiger partial charge in [-0.3, -0.25) is 4.99 Å². The Bertz CT molecular complexity index is 1010. The van der Waals surface area contributed by atoms with Crippen LogP contribution >= 0.6 is 0 Å². The van der Waals surface area contributed by atoms with Crippen LogP contribution < -0.4 is 0 Å². The predicted octanol–water partition coefficient (Wildman–Crippen LogP) is 8.39. The lowest BCUT2D eigenvalue weighted by Gasteiger charge is -2.06. The molecule has 0 radical (unpaired) electrons. The summed E-state index contributed by atoms with van der Waals surface area (Å²) in [6.45, 7) is 2.26. The molecular weight excluding hydrogens is 470 g/mol. The number of sulfone groups is 1. The Kier molecular flexibility index (Phi) is 14.1. The highest BCUT2D eigenvalue weighted by Crippen LogP contribution is 2.19. The third kappa shape index (κ3) is 12.0. The summed E-state index contributed by atoms with van der Waals surface area (Å²) in [4.78, 5) is 15.6. The van der Waals surface area contributed by atoms with Gasteiger partial charge in [-0.2, -0.15) is 0 Å². The van der Waals surface area contributed by atoms with Gasteiger partial charge < -0.3 is 5.11 Å². The van der Waals surface area contributed by atoms with Crippen molar-refractivity contribution in [1.29, 1.82) is 0 Å². The number of unbranched alkanes of at least 4 members (excludes halogenated alkanes) is 13. The molecule has 0 saturated carbocycles. The topological polar surface area (TPSA) is 83.8 Å². The number of benzene rings is 2. The SMILES string of the molecule is CCCCCCCCCCCCCCCCS(=O)(=O)c1ccc(N=Cc2ccc(C(=O)O)cc2)cc1. The van der Waals surface area contributed by atoms with Crippen molar-refractivity contribution in [3.05, 3.63) is 59.7 Å². The minimum atomic E-state index is -3.28. The Morgan fingerprint density at radius 2 is 1.19 bits per heavy atom. The zero-order valence-electron chi connectivity index (χ0n) is 21.8. The molecule has 0 aliphatic heterocycles. The quantitative estimate of drug-likeness (QED) is 0.151. The van der Waals surface area contributed by atoms with Gasteiger partial charge in [0.05, 0.1) is 21.9 Å². The fourth-order valence-electron chi connectivity index (χ4n) is 4.20. The van der Waals surface area contributed by atoms with E-state index < -0.39 is 15.8 Å². The molecule has 0 atom stereocenters. The zero-order valence-corrected chi connectivity index (χ0v) is 22.6. The normalized spacial score (nSPS) is 11.8. The van der Waals surface area contributed by atoms with Gasteiger partial charge in [0.15, 0.2) is 9.84 Å². The highest BCUT2D eigenvalue weighted by atomic mass is 32.2. The summed E-state index contributed by atoms with van der Waals surface area (Å²) in [5, 5.41) is 8.95. The van der Waals surface area contributed by atoms with Crippen LogP contribution in [-0.4, -0.2) is 31.5 Å². The fraction of sp³-hybridized carbons (Fsp3) is 0.533. The van der Waals surface area contributed by atoms with Crippen LogP contribution in [0.25, 0.3) is 0 Å². The third-order valence-electron chi connectivity index (χ3n) is 6.48. The third-order valence-corrected chi connectivity index (χ3v) is 8.30. The number of carboxylic acid groups (broad SMARTS) is 1. The van der Waals surface area contributed by atoms with Crippen LogP contribution in [0.5, 0.6) is 0 Å². The van der Waals surface area contributed by atoms with Crippen LogP contribution in [-0.2, 0) is 9.84 Å². The molecule has 0 aromatic heterocycles. The van der Waals surface area contributed by atoms with Crippen molar-refractivity contribution >= 4 is 27.7 Å². The van der Waals surface area contributed by atoms with Crippen molar-refractivity contribution in [2.24, 2.45) is 4.99 Å². The molecule has 0 aliphatic carbocycles. The second-order valence-corrected chi connectivity index (χ2v) is 11.7. The molecule has 2 aromatic carbocycles. The Hall–Kier alpha value is -2.47. The second kappa shape index (κ2) is 17.1. The molecule has 1 N–H and O–H groups in total. The first-order chi connectivity index (χ1) is 17.4. The smallest absolute Gasteiger partial charge is 0.335 e. The molecular formula is C30H43NO4S. The van der Waals surface area contributed by atoms with E-state index in [1.807, 2.05) is 0 Å². The van der Waals surface area contributed by atoms with Gasteiger partial charge in [0.1, 0.15) is 0 Å². The van der Waals surface area contributed by atoms with Gasteiger partial charge in [0, 0.05) is 6.21 Å². The summed E-state index contributed by atoms with van der Waals surface area (Å²) >= 11 is 0. The Morgan fingerprint density at radius 3 is 1.67 bits per heavy atom. The summed E-state index contributed by atoms with van der Waals surface area (Å²) < 4.78 is 25.3. The molecule has 5 nitrogen and oxygen atoms in total. The molecule has 0 fully saturated rings. The highest BCUT2D eigenvalue weighted by molar-refractivity contribution is 7.91. The maximum Gasteiger partial charge on any atom is 0.335 e. The average molecular weight is 514 g/mol. The van der Waals surface area contributed by atoms with Crippen molar-refractivity contribution in [2.45, 2.75) is 102 Å². The largest absolute Gasteiger partial charge is 0.478 e. The van der Waals surface area contributed by atoms with Crippen LogP contribution in [0.2, 0.25) is 0 Å². The van der Waals surface area contributed by atoms with Crippen LogP contribution in [0.4, 0.5) is 5.69 Å². The molecule has 2 rings (SSSR count). The zero-order chi connectivity index (χ0) is 26.1. The van der Waals surface area contributed by atoms with Crippen LogP contribution in [0.15, 0.2) is 58.4 Å². The van der Waals surface area contributed by atoms with E-state index in [4.69, 9.17) is 5.11 Å². The first-order valence-corrected chi connectivity index (χ1v) is 15.3. The molecule has 2 aromatic rings. The van der Waals surface area contributed by atoms with Crippen molar-refractivity contribution in [2.75, 3.05) is 5.75 Å². The van der Waals surface area contributed by atoms with Gasteiger partial charge in [-0.1, -0.05) is 103 Å². The lowest BCUT2D eigenvalue weighted by Crippen LogP contribution is -2.06. The first kappa shape index (κ1) is 29.8. The number of carboxylic acids is 1. The molecule has 0 spiro atoms. The van der Waals surface area contributed by atoms with Gasteiger partial charge in [-0.15, -0.1) is 0 Å². The number of nitrogens with zero attached hydrogens (tertiary/aromatic N) is 1. The monoisotopic (exact) mass is 513 g/mol. The standard InChI is InChI=1S/C30H43NO4S/c1-2-3-4-5-6-7-8-9-10-11-12-13-14-15-24-36(34,35)29-22-20-28(21-23-29)31-25-26-16-18-27(19-17-26)30(32)33/h16-23,25H,2-15,24H2,1H3,(H,32,33). The number of hydrogen-bond donors (Lipinski definition) is 1. The molecule has 6 heteroatoms. The maximum atomic E-state index is 12.6. The Labute approximate surface area is 218 Å². The fourth-order valence-corrected chi connectivity index (χ4v) is 5.58. The van der Waals surface area contributed by atoms with Gasteiger partial charge in [0.25, 0.3) is 0 Å². The number of aromatic carboxylic acids is 1. The Balaban J connectivity index is 1.60. The van der Waals surface area contributed by atoms with E-state index in [2.05, 4.69) is 11.9 Å². The van der Waals surface area contributed by atoms with E-state index >= 15 is 0 Å². The lowest BCUT2D eigenvalue weighted by molar-refractivity contribution is 0.0697. The molecule has 0 amide bonds. The number of rotatable bonds is 19. The minimum absolute atomic E-state index is 0.184. The molecule has 36 heavy (non-hydrogen) atoms. The van der Waals surface area contributed by atoms with E-state index in [-0.39, 0.29) is 11.3 Å². The van der Waals surface area contributed by atoms with E-state index in [0.717, 1.165) is 18.4 Å². The number of carbonyl (C=O) groups is 1. The lowest BCUT2D eigenvalue weighted by atomic mass is 10.0.